The molecule has 0 aliphatic carbocycles. The van der Waals surface area contributed by atoms with Crippen LogP contribution in [0.1, 0.15) is 11.1 Å². The number of hydrogen-bond donors (Lipinski definition) is 0. The average Bonchev–Trinajstić information content (AvgIpc) is 2.69. The molecule has 0 atom stereocenters. The summed E-state index contributed by atoms with van der Waals surface area (Å²) < 4.78 is 19.8. The van der Waals surface area contributed by atoms with Crippen molar-refractivity contribution in [1.82, 2.24) is 4.98 Å². The second-order valence-electron chi connectivity index (χ2n) is 6.07. The largest absolute Gasteiger partial charge is 0.484 e. The Kier molecular flexibility index (Phi) is 6.49. The standard InChI is InChI=1S/C21H17Cl2FN2O2/c1-14-11-15(8-9-17(14)22)28-13-21(27)26(20-7-2-3-10-25-20)12-16-18(23)5-4-6-19(16)24/h2-11H,12-13H2,1H3. The first-order valence-corrected chi connectivity index (χ1v) is 9.24. The molecule has 3 aromatic rings. The first-order chi connectivity index (χ1) is 13.5. The molecule has 0 unspecified atom stereocenters. The number of carbonyl (C=O) groups is 1. The van der Waals surface area contributed by atoms with E-state index in [-0.39, 0.29) is 29.6 Å². The van der Waals surface area contributed by atoms with Gasteiger partial charge in [0, 0.05) is 21.8 Å². The minimum absolute atomic E-state index is 0.0651. The van der Waals surface area contributed by atoms with Crippen molar-refractivity contribution in [3.05, 3.63) is 87.8 Å². The number of nitrogens with zero attached hydrogens (tertiary/aromatic N) is 2. The van der Waals surface area contributed by atoms with Crippen LogP contribution in [0.15, 0.2) is 60.8 Å². The summed E-state index contributed by atoms with van der Waals surface area (Å²) in [4.78, 5) is 18.4. The molecule has 0 saturated carbocycles. The second kappa shape index (κ2) is 9.04. The summed E-state index contributed by atoms with van der Waals surface area (Å²) in [6.07, 6.45) is 1.56. The van der Waals surface area contributed by atoms with Crippen molar-refractivity contribution in [3.63, 3.8) is 0 Å². The molecule has 0 N–H and O–H groups in total. The van der Waals surface area contributed by atoms with Gasteiger partial charge in [-0.15, -0.1) is 0 Å². The molecular formula is C21H17Cl2FN2O2. The summed E-state index contributed by atoms with van der Waals surface area (Å²) in [5.74, 6) is 0.0175. The molecule has 0 spiro atoms. The molecule has 1 amide bonds. The summed E-state index contributed by atoms with van der Waals surface area (Å²) in [5, 5.41) is 0.853. The molecule has 1 aromatic heterocycles. The highest BCUT2D eigenvalue weighted by Crippen LogP contribution is 2.24. The fourth-order valence-electron chi connectivity index (χ4n) is 2.58. The van der Waals surface area contributed by atoms with Crippen molar-refractivity contribution in [2.45, 2.75) is 13.5 Å². The molecule has 3 rings (SSSR count). The van der Waals surface area contributed by atoms with Crippen LogP contribution in [0, 0.1) is 12.7 Å². The Morgan fingerprint density at radius 3 is 2.61 bits per heavy atom. The Morgan fingerprint density at radius 2 is 1.93 bits per heavy atom. The quantitative estimate of drug-likeness (QED) is 0.534. The normalized spacial score (nSPS) is 10.6. The van der Waals surface area contributed by atoms with Gasteiger partial charge >= 0.3 is 0 Å². The van der Waals surface area contributed by atoms with Crippen molar-refractivity contribution in [2.75, 3.05) is 11.5 Å². The van der Waals surface area contributed by atoms with E-state index in [4.69, 9.17) is 27.9 Å². The van der Waals surface area contributed by atoms with E-state index in [1.54, 1.807) is 48.7 Å². The average molecular weight is 419 g/mol. The van der Waals surface area contributed by atoms with E-state index >= 15 is 0 Å². The second-order valence-corrected chi connectivity index (χ2v) is 6.88. The van der Waals surface area contributed by atoms with E-state index in [0.29, 0.717) is 16.6 Å². The molecular weight excluding hydrogens is 402 g/mol. The van der Waals surface area contributed by atoms with Gasteiger partial charge in [0.1, 0.15) is 17.4 Å². The lowest BCUT2D eigenvalue weighted by atomic mass is 10.2. The maximum absolute atomic E-state index is 14.2. The molecule has 0 radical (unpaired) electrons. The van der Waals surface area contributed by atoms with Crippen molar-refractivity contribution in [3.8, 4) is 5.75 Å². The van der Waals surface area contributed by atoms with Gasteiger partial charge in [0.25, 0.3) is 5.91 Å². The lowest BCUT2D eigenvalue weighted by molar-refractivity contribution is -0.120. The van der Waals surface area contributed by atoms with Crippen LogP contribution < -0.4 is 9.64 Å². The first-order valence-electron chi connectivity index (χ1n) is 8.49. The zero-order chi connectivity index (χ0) is 20.1. The molecule has 4 nitrogen and oxygen atoms in total. The minimum Gasteiger partial charge on any atom is -0.484 e. The summed E-state index contributed by atoms with van der Waals surface area (Å²) in [6, 6.07) is 14.7. The zero-order valence-corrected chi connectivity index (χ0v) is 16.5. The minimum atomic E-state index is -0.490. The third-order valence-electron chi connectivity index (χ3n) is 4.10. The van der Waals surface area contributed by atoms with Crippen molar-refractivity contribution < 1.29 is 13.9 Å². The highest BCUT2D eigenvalue weighted by atomic mass is 35.5. The molecule has 1 heterocycles. The smallest absolute Gasteiger partial charge is 0.266 e. The molecule has 0 saturated heterocycles. The van der Waals surface area contributed by atoms with Crippen LogP contribution >= 0.6 is 23.2 Å². The SMILES string of the molecule is Cc1cc(OCC(=O)N(Cc2c(F)cccc2Cl)c2ccccn2)ccc1Cl. The summed E-state index contributed by atoms with van der Waals surface area (Å²) >= 11 is 12.1. The number of hydrogen-bond acceptors (Lipinski definition) is 3. The van der Waals surface area contributed by atoms with Gasteiger partial charge in [0.15, 0.2) is 6.61 Å². The first kappa shape index (κ1) is 20.1. The van der Waals surface area contributed by atoms with Crippen LogP contribution in [0.25, 0.3) is 0 Å². The third-order valence-corrected chi connectivity index (χ3v) is 4.87. The maximum Gasteiger partial charge on any atom is 0.266 e. The number of anilines is 1. The van der Waals surface area contributed by atoms with Crippen LogP contribution in [-0.4, -0.2) is 17.5 Å². The number of amides is 1. The van der Waals surface area contributed by atoms with Crippen LogP contribution in [0.4, 0.5) is 10.2 Å². The molecule has 7 heteroatoms. The summed E-state index contributed by atoms with van der Waals surface area (Å²) in [6.45, 7) is 1.53. The van der Waals surface area contributed by atoms with Gasteiger partial charge < -0.3 is 4.74 Å². The summed E-state index contributed by atoms with van der Waals surface area (Å²) in [7, 11) is 0. The van der Waals surface area contributed by atoms with Gasteiger partial charge in [-0.2, -0.15) is 0 Å². The topological polar surface area (TPSA) is 42.4 Å². The lowest BCUT2D eigenvalue weighted by Gasteiger charge is -2.23. The molecule has 2 aromatic carbocycles. The fraction of sp³-hybridized carbons (Fsp3) is 0.143. The van der Waals surface area contributed by atoms with Crippen molar-refractivity contribution >= 4 is 34.9 Å². The van der Waals surface area contributed by atoms with Gasteiger partial charge in [-0.05, 0) is 55.0 Å². The van der Waals surface area contributed by atoms with Crippen LogP contribution in [0.3, 0.4) is 0 Å². The Bertz CT molecular complexity index is 963. The van der Waals surface area contributed by atoms with E-state index in [0.717, 1.165) is 5.56 Å². The summed E-state index contributed by atoms with van der Waals surface area (Å²) in [5.41, 5.74) is 1.05. The number of aryl methyl sites for hydroxylation is 1. The third kappa shape index (κ3) is 4.80. The number of carbonyl (C=O) groups excluding carboxylic acids is 1. The van der Waals surface area contributed by atoms with E-state index in [1.807, 2.05) is 6.92 Å². The number of rotatable bonds is 6. The van der Waals surface area contributed by atoms with Gasteiger partial charge in [0.05, 0.1) is 6.54 Å². The van der Waals surface area contributed by atoms with Gasteiger partial charge in [-0.3, -0.25) is 9.69 Å². The molecule has 0 aliphatic heterocycles. The Labute approximate surface area is 172 Å². The van der Waals surface area contributed by atoms with Gasteiger partial charge in [-0.1, -0.05) is 35.3 Å². The zero-order valence-electron chi connectivity index (χ0n) is 15.0. The molecule has 144 valence electrons. The monoisotopic (exact) mass is 418 g/mol. The van der Waals surface area contributed by atoms with E-state index < -0.39 is 5.82 Å². The lowest BCUT2D eigenvalue weighted by Crippen LogP contribution is -2.35. The number of aromatic nitrogens is 1. The van der Waals surface area contributed by atoms with Crippen molar-refractivity contribution in [1.29, 1.82) is 0 Å². The highest BCUT2D eigenvalue weighted by molar-refractivity contribution is 6.31. The Hall–Kier alpha value is -2.63. The van der Waals surface area contributed by atoms with Crippen LogP contribution in [0.5, 0.6) is 5.75 Å². The predicted octanol–water partition coefficient (Wildman–Crippen LogP) is 5.45. The molecule has 0 bridgehead atoms. The number of pyridine rings is 1. The Morgan fingerprint density at radius 1 is 1.11 bits per heavy atom. The number of ether oxygens (including phenoxy) is 1. The van der Waals surface area contributed by atoms with Crippen LogP contribution in [0.2, 0.25) is 10.0 Å². The fourth-order valence-corrected chi connectivity index (χ4v) is 2.92. The van der Waals surface area contributed by atoms with Crippen molar-refractivity contribution in [2.24, 2.45) is 0 Å². The molecule has 28 heavy (non-hydrogen) atoms. The molecule has 0 aliphatic rings. The van der Waals surface area contributed by atoms with E-state index in [2.05, 4.69) is 4.98 Å². The maximum atomic E-state index is 14.2. The van der Waals surface area contributed by atoms with Gasteiger partial charge in [-0.25, -0.2) is 9.37 Å². The molecule has 0 fully saturated rings. The van der Waals surface area contributed by atoms with E-state index in [1.165, 1.54) is 17.0 Å². The predicted molar refractivity (Wildman–Crippen MR) is 109 cm³/mol. The van der Waals surface area contributed by atoms with Crippen LogP contribution in [-0.2, 0) is 11.3 Å². The van der Waals surface area contributed by atoms with Gasteiger partial charge in [0.2, 0.25) is 0 Å². The Balaban J connectivity index is 1.82. The number of benzene rings is 2. The number of halogens is 3. The highest BCUT2D eigenvalue weighted by Gasteiger charge is 2.21. The van der Waals surface area contributed by atoms with E-state index in [9.17, 15) is 9.18 Å².